The molecule has 0 bridgehead atoms. The Balaban J connectivity index is 2.28. The van der Waals surface area contributed by atoms with Gasteiger partial charge in [0.15, 0.2) is 29.1 Å². The summed E-state index contributed by atoms with van der Waals surface area (Å²) in [6.07, 6.45) is -0.304. The summed E-state index contributed by atoms with van der Waals surface area (Å²) in [5.74, 6) is -5.12. The van der Waals surface area contributed by atoms with Crippen LogP contribution in [0.15, 0.2) is 30.3 Å². The number of carbonyl (C=O) groups excluding carboxylic acids is 1. The third-order valence-corrected chi connectivity index (χ3v) is 2.97. The zero-order valence-corrected chi connectivity index (χ0v) is 10.6. The molecule has 0 aliphatic heterocycles. The number of Topliss-reactive ketones (excluding diaryl/α,β-unsaturated/α-hetero) is 1. The van der Waals surface area contributed by atoms with Gasteiger partial charge in [-0.2, -0.15) is 0 Å². The van der Waals surface area contributed by atoms with Gasteiger partial charge in [-0.25, -0.2) is 17.6 Å². The molecule has 0 radical (unpaired) electrons. The van der Waals surface area contributed by atoms with Crippen LogP contribution in [0.25, 0.3) is 0 Å². The Labute approximate surface area is 116 Å². The molecule has 0 aliphatic rings. The molecular formula is C14H7ClF4O. The van der Waals surface area contributed by atoms with Gasteiger partial charge in [0.25, 0.3) is 0 Å². The Bertz CT molecular complexity index is 685. The summed E-state index contributed by atoms with van der Waals surface area (Å²) < 4.78 is 51.7. The molecule has 104 valence electrons. The van der Waals surface area contributed by atoms with Crippen LogP contribution in [-0.4, -0.2) is 5.78 Å². The van der Waals surface area contributed by atoms with Gasteiger partial charge in [-0.15, -0.1) is 0 Å². The second-order valence-electron chi connectivity index (χ2n) is 4.09. The first-order valence-corrected chi connectivity index (χ1v) is 5.88. The summed E-state index contributed by atoms with van der Waals surface area (Å²) in [6.45, 7) is 0. The Kier molecular flexibility index (Phi) is 4.09. The van der Waals surface area contributed by atoms with Gasteiger partial charge < -0.3 is 0 Å². The largest absolute Gasteiger partial charge is 0.294 e. The van der Waals surface area contributed by atoms with Crippen LogP contribution in [0.5, 0.6) is 0 Å². The van der Waals surface area contributed by atoms with E-state index in [1.807, 2.05) is 0 Å². The minimum atomic E-state index is -1.21. The van der Waals surface area contributed by atoms with E-state index >= 15 is 0 Å². The van der Waals surface area contributed by atoms with Gasteiger partial charge in [-0.05, 0) is 29.8 Å². The highest BCUT2D eigenvalue weighted by molar-refractivity contribution is 6.34. The smallest absolute Gasteiger partial charge is 0.168 e. The van der Waals surface area contributed by atoms with E-state index in [0.29, 0.717) is 12.1 Å². The molecule has 0 fully saturated rings. The van der Waals surface area contributed by atoms with E-state index < -0.39 is 29.1 Å². The van der Waals surface area contributed by atoms with Gasteiger partial charge in [0.2, 0.25) is 0 Å². The standard InChI is InChI=1S/C14H7ClF4O/c15-9-6-13(19)12(18)5-8(9)14(20)4-7-1-2-10(16)11(17)3-7/h1-3,5-6H,4H2. The number of benzene rings is 2. The highest BCUT2D eigenvalue weighted by Gasteiger charge is 2.16. The van der Waals surface area contributed by atoms with Crippen molar-refractivity contribution >= 4 is 17.4 Å². The summed E-state index contributed by atoms with van der Waals surface area (Å²) >= 11 is 5.66. The first kappa shape index (κ1) is 14.5. The fourth-order valence-electron chi connectivity index (χ4n) is 1.67. The Hall–Kier alpha value is -1.88. The molecule has 20 heavy (non-hydrogen) atoms. The van der Waals surface area contributed by atoms with Gasteiger partial charge in [0, 0.05) is 12.0 Å². The lowest BCUT2D eigenvalue weighted by atomic mass is 10.0. The van der Waals surface area contributed by atoms with Crippen molar-refractivity contribution in [2.75, 3.05) is 0 Å². The van der Waals surface area contributed by atoms with E-state index in [1.54, 1.807) is 0 Å². The average Bonchev–Trinajstić information content (AvgIpc) is 2.38. The molecule has 1 nitrogen and oxygen atoms in total. The lowest BCUT2D eigenvalue weighted by molar-refractivity contribution is 0.0992. The van der Waals surface area contributed by atoms with Gasteiger partial charge >= 0.3 is 0 Å². The van der Waals surface area contributed by atoms with E-state index in [2.05, 4.69) is 0 Å². The van der Waals surface area contributed by atoms with Crippen molar-refractivity contribution < 1.29 is 22.4 Å². The Morgan fingerprint density at radius 2 is 1.50 bits per heavy atom. The maximum absolute atomic E-state index is 13.1. The molecule has 2 rings (SSSR count). The highest BCUT2D eigenvalue weighted by atomic mass is 35.5. The van der Waals surface area contributed by atoms with Crippen LogP contribution in [0.1, 0.15) is 15.9 Å². The van der Waals surface area contributed by atoms with E-state index in [0.717, 1.165) is 12.1 Å². The molecule has 0 aromatic heterocycles. The quantitative estimate of drug-likeness (QED) is 0.469. The first-order chi connectivity index (χ1) is 9.38. The van der Waals surface area contributed by atoms with Crippen LogP contribution in [0, 0.1) is 23.3 Å². The van der Waals surface area contributed by atoms with Crippen molar-refractivity contribution in [3.05, 3.63) is 69.8 Å². The maximum Gasteiger partial charge on any atom is 0.168 e. The lowest BCUT2D eigenvalue weighted by Crippen LogP contribution is -2.06. The van der Waals surface area contributed by atoms with E-state index in [1.165, 1.54) is 6.07 Å². The molecule has 0 saturated carbocycles. The van der Waals surface area contributed by atoms with Crippen LogP contribution < -0.4 is 0 Å². The van der Waals surface area contributed by atoms with E-state index in [-0.39, 0.29) is 22.6 Å². The summed E-state index contributed by atoms with van der Waals surface area (Å²) in [5, 5.41) is -0.239. The van der Waals surface area contributed by atoms with Crippen LogP contribution in [0.3, 0.4) is 0 Å². The minimum absolute atomic E-state index is 0.203. The molecule has 2 aromatic carbocycles. The molecule has 0 atom stereocenters. The van der Waals surface area contributed by atoms with Crippen molar-refractivity contribution in [1.29, 1.82) is 0 Å². The van der Waals surface area contributed by atoms with Gasteiger partial charge in [-0.1, -0.05) is 17.7 Å². The van der Waals surface area contributed by atoms with Crippen LogP contribution >= 0.6 is 11.6 Å². The summed E-state index contributed by atoms with van der Waals surface area (Å²) in [4.78, 5) is 11.9. The molecule has 0 spiro atoms. The molecule has 6 heteroatoms. The molecule has 2 aromatic rings. The molecule has 0 amide bonds. The normalized spacial score (nSPS) is 10.7. The van der Waals surface area contributed by atoms with E-state index in [9.17, 15) is 22.4 Å². The summed E-state index contributed by atoms with van der Waals surface area (Å²) in [5.41, 5.74) is -0.00926. The molecule has 0 N–H and O–H groups in total. The monoisotopic (exact) mass is 302 g/mol. The summed E-state index contributed by atoms with van der Waals surface area (Å²) in [7, 11) is 0. The fraction of sp³-hybridized carbons (Fsp3) is 0.0714. The molecule has 0 heterocycles. The van der Waals surface area contributed by atoms with Crippen LogP contribution in [0.4, 0.5) is 17.6 Å². The number of rotatable bonds is 3. The predicted molar refractivity (Wildman–Crippen MR) is 65.8 cm³/mol. The Morgan fingerprint density at radius 1 is 0.900 bits per heavy atom. The first-order valence-electron chi connectivity index (χ1n) is 5.50. The Morgan fingerprint density at radius 3 is 2.15 bits per heavy atom. The van der Waals surface area contributed by atoms with Crippen LogP contribution in [-0.2, 0) is 6.42 Å². The number of carbonyl (C=O) groups is 1. The number of hydrogen-bond donors (Lipinski definition) is 0. The summed E-state index contributed by atoms with van der Waals surface area (Å²) in [6, 6.07) is 4.34. The van der Waals surface area contributed by atoms with Crippen molar-refractivity contribution in [3.63, 3.8) is 0 Å². The van der Waals surface area contributed by atoms with Crippen molar-refractivity contribution in [2.24, 2.45) is 0 Å². The fourth-order valence-corrected chi connectivity index (χ4v) is 1.92. The maximum atomic E-state index is 13.1. The zero-order chi connectivity index (χ0) is 14.9. The molecular weight excluding hydrogens is 296 g/mol. The van der Waals surface area contributed by atoms with Crippen LogP contribution in [0.2, 0.25) is 5.02 Å². The predicted octanol–water partition coefficient (Wildman–Crippen LogP) is 4.32. The van der Waals surface area contributed by atoms with Crippen molar-refractivity contribution in [3.8, 4) is 0 Å². The van der Waals surface area contributed by atoms with Crippen molar-refractivity contribution in [1.82, 2.24) is 0 Å². The molecule has 0 unspecified atom stereocenters. The third-order valence-electron chi connectivity index (χ3n) is 2.66. The second-order valence-corrected chi connectivity index (χ2v) is 4.50. The van der Waals surface area contributed by atoms with Gasteiger partial charge in [0.1, 0.15) is 0 Å². The van der Waals surface area contributed by atoms with Gasteiger partial charge in [0.05, 0.1) is 5.02 Å². The second kappa shape index (κ2) is 5.63. The molecule has 0 aliphatic carbocycles. The average molecular weight is 303 g/mol. The molecule has 0 saturated heterocycles. The topological polar surface area (TPSA) is 17.1 Å². The minimum Gasteiger partial charge on any atom is -0.294 e. The number of halogens is 5. The third kappa shape index (κ3) is 2.99. The van der Waals surface area contributed by atoms with Gasteiger partial charge in [-0.3, -0.25) is 4.79 Å². The lowest BCUT2D eigenvalue weighted by Gasteiger charge is -2.05. The van der Waals surface area contributed by atoms with Crippen molar-refractivity contribution in [2.45, 2.75) is 6.42 Å². The van der Waals surface area contributed by atoms with E-state index in [4.69, 9.17) is 11.6 Å². The number of ketones is 1. The number of hydrogen-bond acceptors (Lipinski definition) is 1. The SMILES string of the molecule is O=C(Cc1ccc(F)c(F)c1)c1cc(F)c(F)cc1Cl. The zero-order valence-electron chi connectivity index (χ0n) is 9.89. The highest BCUT2D eigenvalue weighted by Crippen LogP contribution is 2.22.